The fraction of sp³-hybridized carbons (Fsp3) is 0.462. The molecule has 1 aliphatic carbocycles. The van der Waals surface area contributed by atoms with Crippen LogP contribution in [0.1, 0.15) is 31.7 Å². The molecule has 1 saturated carbocycles. The minimum atomic E-state index is -3.60. The molecule has 2 rings (SSSR count). The average Bonchev–Trinajstić information content (AvgIpc) is 2.25. The van der Waals surface area contributed by atoms with Gasteiger partial charge in [0, 0.05) is 6.04 Å². The Morgan fingerprint density at radius 3 is 2.61 bits per heavy atom. The molecule has 18 heavy (non-hydrogen) atoms. The number of hydrogen-bond donors (Lipinski definition) is 1. The smallest absolute Gasteiger partial charge is 0.208 e. The zero-order valence-electron chi connectivity index (χ0n) is 10.3. The van der Waals surface area contributed by atoms with E-state index in [1.807, 2.05) is 13.0 Å². The average molecular weight is 264 g/mol. The zero-order chi connectivity index (χ0) is 13.2. The third-order valence-electron chi connectivity index (χ3n) is 3.50. The lowest BCUT2D eigenvalue weighted by Crippen LogP contribution is -2.40. The summed E-state index contributed by atoms with van der Waals surface area (Å²) in [6, 6.07) is 8.11. The van der Waals surface area contributed by atoms with E-state index in [-0.39, 0.29) is 16.5 Å². The van der Waals surface area contributed by atoms with E-state index in [2.05, 4.69) is 4.72 Å². The summed E-state index contributed by atoms with van der Waals surface area (Å²) in [6.45, 7) is 1.89. The van der Waals surface area contributed by atoms with Crippen molar-refractivity contribution in [2.45, 2.75) is 37.1 Å². The topological polar surface area (TPSA) is 70.0 Å². The first-order valence-electron chi connectivity index (χ1n) is 6.06. The minimum absolute atomic E-state index is 0.0682. The molecule has 1 N–H and O–H groups in total. The van der Waals surface area contributed by atoms with Gasteiger partial charge in [0.05, 0.1) is 10.5 Å². The molecular weight excluding hydrogens is 248 g/mol. The molecule has 1 atom stereocenters. The lowest BCUT2D eigenvalue weighted by Gasteiger charge is -2.31. The van der Waals surface area contributed by atoms with E-state index in [1.165, 1.54) is 18.6 Å². The van der Waals surface area contributed by atoms with Gasteiger partial charge in [-0.1, -0.05) is 18.6 Å². The van der Waals surface area contributed by atoms with E-state index in [9.17, 15) is 8.42 Å². The van der Waals surface area contributed by atoms with Crippen molar-refractivity contribution in [3.8, 4) is 6.07 Å². The van der Waals surface area contributed by atoms with Crippen molar-refractivity contribution in [1.29, 1.82) is 5.26 Å². The highest BCUT2D eigenvalue weighted by Crippen LogP contribution is 2.30. The lowest BCUT2D eigenvalue weighted by molar-refractivity contribution is 0.260. The van der Waals surface area contributed by atoms with Gasteiger partial charge in [-0.15, -0.1) is 0 Å². The molecule has 0 heterocycles. The maximum atomic E-state index is 12.2. The molecular formula is C13H16N2O2S. The first-order chi connectivity index (χ1) is 8.54. The second-order valence-electron chi connectivity index (χ2n) is 4.71. The van der Waals surface area contributed by atoms with Gasteiger partial charge in [0.15, 0.2) is 0 Å². The molecule has 0 bridgehead atoms. The molecule has 96 valence electrons. The van der Waals surface area contributed by atoms with E-state index in [1.54, 1.807) is 12.1 Å². The maximum absolute atomic E-state index is 12.2. The van der Waals surface area contributed by atoms with Crippen LogP contribution < -0.4 is 4.72 Å². The Kier molecular flexibility index (Phi) is 3.69. The van der Waals surface area contributed by atoms with Crippen molar-refractivity contribution in [3.63, 3.8) is 0 Å². The molecule has 0 aliphatic heterocycles. The number of benzene rings is 1. The van der Waals surface area contributed by atoms with E-state index >= 15 is 0 Å². The third-order valence-corrected chi connectivity index (χ3v) is 5.11. The number of hydrogen-bond acceptors (Lipinski definition) is 3. The molecule has 1 aromatic carbocycles. The van der Waals surface area contributed by atoms with Gasteiger partial charge in [-0.25, -0.2) is 13.1 Å². The Morgan fingerprint density at radius 1 is 1.39 bits per heavy atom. The molecule has 1 fully saturated rings. The summed E-state index contributed by atoms with van der Waals surface area (Å²) in [6.07, 6.45) is 3.32. The number of rotatable bonds is 4. The van der Waals surface area contributed by atoms with E-state index in [0.717, 1.165) is 12.8 Å². The van der Waals surface area contributed by atoms with Gasteiger partial charge < -0.3 is 0 Å². The van der Waals surface area contributed by atoms with Gasteiger partial charge in [0.2, 0.25) is 10.0 Å². The van der Waals surface area contributed by atoms with E-state index in [4.69, 9.17) is 5.26 Å². The van der Waals surface area contributed by atoms with Crippen molar-refractivity contribution in [3.05, 3.63) is 29.8 Å². The summed E-state index contributed by atoms with van der Waals surface area (Å²) in [4.78, 5) is 0.0682. The van der Waals surface area contributed by atoms with Crippen molar-refractivity contribution in [2.24, 2.45) is 5.92 Å². The standard InChI is InChI=1S/C13H16N2O2S/c1-10(11-6-4-7-11)15-18(16,17)13-8-3-2-5-12(13)9-14/h2-3,5,8,10-11,15H,4,6-7H2,1H3. The summed E-state index contributed by atoms with van der Waals surface area (Å²) in [5.74, 6) is 0.425. The molecule has 0 saturated heterocycles. The quantitative estimate of drug-likeness (QED) is 0.904. The first kappa shape index (κ1) is 13.1. The molecule has 0 spiro atoms. The third kappa shape index (κ3) is 2.55. The van der Waals surface area contributed by atoms with E-state index in [0.29, 0.717) is 5.92 Å². The first-order valence-corrected chi connectivity index (χ1v) is 7.54. The van der Waals surface area contributed by atoms with Crippen LogP contribution in [-0.2, 0) is 10.0 Å². The van der Waals surface area contributed by atoms with Gasteiger partial charge in [-0.05, 0) is 37.8 Å². The molecule has 0 amide bonds. The molecule has 1 aromatic rings. The van der Waals surface area contributed by atoms with Crippen molar-refractivity contribution >= 4 is 10.0 Å². The van der Waals surface area contributed by atoms with Crippen LogP contribution in [0.4, 0.5) is 0 Å². The molecule has 0 aromatic heterocycles. The number of sulfonamides is 1. The Labute approximate surface area is 108 Å². The Balaban J connectivity index is 2.22. The van der Waals surface area contributed by atoms with Gasteiger partial charge in [-0.2, -0.15) is 5.26 Å². The summed E-state index contributed by atoms with van der Waals surface area (Å²) >= 11 is 0. The van der Waals surface area contributed by atoms with Gasteiger partial charge in [-0.3, -0.25) is 0 Å². The molecule has 4 nitrogen and oxygen atoms in total. The minimum Gasteiger partial charge on any atom is -0.208 e. The summed E-state index contributed by atoms with van der Waals surface area (Å²) in [5.41, 5.74) is 0.186. The fourth-order valence-electron chi connectivity index (χ4n) is 2.14. The van der Waals surface area contributed by atoms with Crippen LogP contribution in [0.25, 0.3) is 0 Å². The lowest BCUT2D eigenvalue weighted by atomic mass is 9.81. The molecule has 1 unspecified atom stereocenters. The summed E-state index contributed by atoms with van der Waals surface area (Å²) in [7, 11) is -3.60. The van der Waals surface area contributed by atoms with Gasteiger partial charge in [0.25, 0.3) is 0 Å². The van der Waals surface area contributed by atoms with Crippen molar-refractivity contribution < 1.29 is 8.42 Å². The number of nitriles is 1. The van der Waals surface area contributed by atoms with Crippen LogP contribution in [0.2, 0.25) is 0 Å². The fourth-order valence-corrected chi connectivity index (χ4v) is 3.61. The predicted molar refractivity (Wildman–Crippen MR) is 68.3 cm³/mol. The SMILES string of the molecule is CC(NS(=O)(=O)c1ccccc1C#N)C1CCC1. The largest absolute Gasteiger partial charge is 0.242 e. The number of nitrogens with zero attached hydrogens (tertiary/aromatic N) is 1. The highest BCUT2D eigenvalue weighted by atomic mass is 32.2. The Morgan fingerprint density at radius 2 is 2.06 bits per heavy atom. The van der Waals surface area contributed by atoms with Crippen LogP contribution in [-0.4, -0.2) is 14.5 Å². The van der Waals surface area contributed by atoms with E-state index < -0.39 is 10.0 Å². The van der Waals surface area contributed by atoms with Crippen LogP contribution in [0.5, 0.6) is 0 Å². The highest BCUT2D eigenvalue weighted by molar-refractivity contribution is 7.89. The van der Waals surface area contributed by atoms with Gasteiger partial charge in [0.1, 0.15) is 6.07 Å². The molecule has 1 aliphatic rings. The summed E-state index contributed by atoms with van der Waals surface area (Å²) < 4.78 is 27.1. The second-order valence-corrected chi connectivity index (χ2v) is 6.39. The molecule has 0 radical (unpaired) electrons. The number of nitrogens with one attached hydrogen (secondary N) is 1. The summed E-state index contributed by atoms with van der Waals surface area (Å²) in [5, 5.41) is 8.94. The van der Waals surface area contributed by atoms with Crippen LogP contribution in [0.3, 0.4) is 0 Å². The second kappa shape index (κ2) is 5.09. The zero-order valence-corrected chi connectivity index (χ0v) is 11.1. The van der Waals surface area contributed by atoms with Gasteiger partial charge >= 0.3 is 0 Å². The Hall–Kier alpha value is -1.38. The monoisotopic (exact) mass is 264 g/mol. The van der Waals surface area contributed by atoms with Crippen LogP contribution in [0, 0.1) is 17.2 Å². The van der Waals surface area contributed by atoms with Crippen LogP contribution >= 0.6 is 0 Å². The predicted octanol–water partition coefficient (Wildman–Crippen LogP) is 2.03. The molecule has 5 heteroatoms. The Bertz CT molecular complexity index is 571. The normalized spacial score (nSPS) is 17.8. The maximum Gasteiger partial charge on any atom is 0.242 e. The van der Waals surface area contributed by atoms with Crippen molar-refractivity contribution in [2.75, 3.05) is 0 Å². The van der Waals surface area contributed by atoms with Crippen molar-refractivity contribution in [1.82, 2.24) is 4.72 Å². The highest BCUT2D eigenvalue weighted by Gasteiger charge is 2.28. The van der Waals surface area contributed by atoms with Crippen LogP contribution in [0.15, 0.2) is 29.2 Å².